The molecule has 2 rings (SSSR count). The number of ketones is 1. The van der Waals surface area contributed by atoms with Gasteiger partial charge in [0.1, 0.15) is 5.78 Å². The molecular weight excluding hydrogens is 222 g/mol. The van der Waals surface area contributed by atoms with E-state index in [-0.39, 0.29) is 23.6 Å². The van der Waals surface area contributed by atoms with Crippen molar-refractivity contribution in [1.29, 1.82) is 0 Å². The van der Waals surface area contributed by atoms with Crippen LogP contribution in [-0.2, 0) is 17.6 Å². The SMILES string of the molecule is COc1ccc2c(c1[N+](=O)[O-])CC(=O)CCC2. The summed E-state index contributed by atoms with van der Waals surface area (Å²) in [6, 6.07) is 3.42. The van der Waals surface area contributed by atoms with Gasteiger partial charge in [0.25, 0.3) is 0 Å². The standard InChI is InChI=1S/C12H13NO4/c1-17-11-6-5-8-3-2-4-9(14)7-10(8)12(11)13(15)16/h5-6H,2-4,7H2,1H3. The Morgan fingerprint density at radius 1 is 1.35 bits per heavy atom. The number of ether oxygens (including phenoxy) is 1. The number of nitro groups is 1. The fourth-order valence-electron chi connectivity index (χ4n) is 2.21. The molecule has 0 unspecified atom stereocenters. The number of nitrogens with zero attached hydrogens (tertiary/aromatic N) is 1. The van der Waals surface area contributed by atoms with E-state index in [1.165, 1.54) is 7.11 Å². The summed E-state index contributed by atoms with van der Waals surface area (Å²) in [6.45, 7) is 0. The molecule has 0 spiro atoms. The van der Waals surface area contributed by atoms with Crippen LogP contribution in [-0.4, -0.2) is 17.8 Å². The number of carbonyl (C=O) groups excluding carboxylic acids is 1. The lowest BCUT2D eigenvalue weighted by molar-refractivity contribution is -0.386. The number of rotatable bonds is 2. The van der Waals surface area contributed by atoms with Gasteiger partial charge in [-0.25, -0.2) is 0 Å². The lowest BCUT2D eigenvalue weighted by atomic mass is 10.00. The quantitative estimate of drug-likeness (QED) is 0.447. The molecule has 0 atom stereocenters. The number of Topliss-reactive ketones (excluding diaryl/α,β-unsaturated/α-hetero) is 1. The molecule has 1 aliphatic carbocycles. The Kier molecular flexibility index (Phi) is 3.08. The van der Waals surface area contributed by atoms with Crippen molar-refractivity contribution < 1.29 is 14.5 Å². The minimum absolute atomic E-state index is 0.0553. The van der Waals surface area contributed by atoms with Gasteiger partial charge in [0.05, 0.1) is 12.0 Å². The average Bonchev–Trinajstić information content (AvgIpc) is 2.47. The Hall–Kier alpha value is -1.91. The van der Waals surface area contributed by atoms with Gasteiger partial charge in [0.15, 0.2) is 5.75 Å². The summed E-state index contributed by atoms with van der Waals surface area (Å²) in [4.78, 5) is 22.2. The molecule has 1 aromatic carbocycles. The molecule has 17 heavy (non-hydrogen) atoms. The lowest BCUT2D eigenvalue weighted by Crippen LogP contribution is -2.05. The molecule has 1 aliphatic rings. The number of fused-ring (bicyclic) bond motifs is 1. The molecular formula is C12H13NO4. The van der Waals surface area contributed by atoms with Crippen LogP contribution in [0.2, 0.25) is 0 Å². The molecule has 0 amide bonds. The number of hydrogen-bond acceptors (Lipinski definition) is 4. The van der Waals surface area contributed by atoms with Gasteiger partial charge in [-0.05, 0) is 24.5 Å². The van der Waals surface area contributed by atoms with Gasteiger partial charge in [-0.3, -0.25) is 14.9 Å². The van der Waals surface area contributed by atoms with Crippen LogP contribution in [0.1, 0.15) is 24.0 Å². The van der Waals surface area contributed by atoms with Crippen LogP contribution in [0.3, 0.4) is 0 Å². The van der Waals surface area contributed by atoms with Crippen molar-refractivity contribution in [2.45, 2.75) is 25.7 Å². The molecule has 0 heterocycles. The number of methoxy groups -OCH3 is 1. The highest BCUT2D eigenvalue weighted by Gasteiger charge is 2.27. The van der Waals surface area contributed by atoms with Crippen LogP contribution in [0.4, 0.5) is 5.69 Å². The van der Waals surface area contributed by atoms with Crippen molar-refractivity contribution in [1.82, 2.24) is 0 Å². The summed E-state index contributed by atoms with van der Waals surface area (Å²) in [7, 11) is 1.40. The Balaban J connectivity index is 2.61. The van der Waals surface area contributed by atoms with E-state index in [1.807, 2.05) is 6.07 Å². The lowest BCUT2D eigenvalue weighted by Gasteiger charge is -2.09. The van der Waals surface area contributed by atoms with E-state index >= 15 is 0 Å². The second-order valence-electron chi connectivity index (χ2n) is 4.08. The Morgan fingerprint density at radius 3 is 2.76 bits per heavy atom. The fraction of sp³-hybridized carbons (Fsp3) is 0.417. The number of benzene rings is 1. The van der Waals surface area contributed by atoms with E-state index in [4.69, 9.17) is 4.74 Å². The molecule has 0 saturated carbocycles. The molecule has 0 bridgehead atoms. The molecule has 0 aromatic heterocycles. The maximum absolute atomic E-state index is 11.6. The van der Waals surface area contributed by atoms with Crippen molar-refractivity contribution in [3.63, 3.8) is 0 Å². The molecule has 0 saturated heterocycles. The van der Waals surface area contributed by atoms with Gasteiger partial charge in [0.2, 0.25) is 0 Å². The predicted octanol–water partition coefficient (Wildman–Crippen LogP) is 2.05. The first kappa shape index (κ1) is 11.6. The minimum atomic E-state index is -0.462. The third-order valence-electron chi connectivity index (χ3n) is 3.02. The largest absolute Gasteiger partial charge is 0.490 e. The molecule has 5 heteroatoms. The number of hydrogen-bond donors (Lipinski definition) is 0. The first-order valence-corrected chi connectivity index (χ1v) is 5.48. The Bertz CT molecular complexity index is 482. The molecule has 0 aliphatic heterocycles. The summed E-state index contributed by atoms with van der Waals surface area (Å²) in [5, 5.41) is 11.1. The molecule has 0 radical (unpaired) electrons. The molecule has 0 N–H and O–H groups in total. The molecule has 5 nitrogen and oxygen atoms in total. The molecule has 90 valence electrons. The van der Waals surface area contributed by atoms with E-state index < -0.39 is 4.92 Å². The average molecular weight is 235 g/mol. The minimum Gasteiger partial charge on any atom is -0.490 e. The highest BCUT2D eigenvalue weighted by Crippen LogP contribution is 2.35. The van der Waals surface area contributed by atoms with Crippen molar-refractivity contribution in [3.8, 4) is 5.75 Å². The van der Waals surface area contributed by atoms with E-state index in [0.717, 1.165) is 12.0 Å². The van der Waals surface area contributed by atoms with Gasteiger partial charge in [-0.1, -0.05) is 6.07 Å². The van der Waals surface area contributed by atoms with Crippen LogP contribution in [0.25, 0.3) is 0 Å². The summed E-state index contributed by atoms with van der Waals surface area (Å²) in [5.41, 5.74) is 1.36. The van der Waals surface area contributed by atoms with E-state index in [0.29, 0.717) is 18.4 Å². The van der Waals surface area contributed by atoms with Gasteiger partial charge < -0.3 is 4.74 Å². The highest BCUT2D eigenvalue weighted by molar-refractivity contribution is 5.83. The maximum atomic E-state index is 11.6. The topological polar surface area (TPSA) is 69.4 Å². The van der Waals surface area contributed by atoms with Gasteiger partial charge in [-0.15, -0.1) is 0 Å². The predicted molar refractivity (Wildman–Crippen MR) is 61.3 cm³/mol. The second-order valence-corrected chi connectivity index (χ2v) is 4.08. The van der Waals surface area contributed by atoms with Crippen LogP contribution in [0, 0.1) is 10.1 Å². The number of carbonyl (C=O) groups is 1. The third kappa shape index (κ3) is 2.13. The second kappa shape index (κ2) is 4.53. The monoisotopic (exact) mass is 235 g/mol. The molecule has 0 fully saturated rings. The Morgan fingerprint density at radius 2 is 2.12 bits per heavy atom. The summed E-state index contributed by atoms with van der Waals surface area (Å²) < 4.78 is 5.00. The molecule has 1 aromatic rings. The maximum Gasteiger partial charge on any atom is 0.314 e. The van der Waals surface area contributed by atoms with Crippen molar-refractivity contribution >= 4 is 11.5 Å². The first-order chi connectivity index (χ1) is 8.13. The summed E-state index contributed by atoms with van der Waals surface area (Å²) in [6.07, 6.45) is 2.11. The van der Waals surface area contributed by atoms with Crippen molar-refractivity contribution in [2.24, 2.45) is 0 Å². The zero-order valence-electron chi connectivity index (χ0n) is 9.56. The zero-order chi connectivity index (χ0) is 12.4. The smallest absolute Gasteiger partial charge is 0.314 e. The van der Waals surface area contributed by atoms with Gasteiger partial charge >= 0.3 is 5.69 Å². The van der Waals surface area contributed by atoms with E-state index in [1.54, 1.807) is 6.07 Å². The number of aryl methyl sites for hydroxylation is 1. The fourth-order valence-corrected chi connectivity index (χ4v) is 2.21. The highest BCUT2D eigenvalue weighted by atomic mass is 16.6. The van der Waals surface area contributed by atoms with Crippen LogP contribution in [0.15, 0.2) is 12.1 Å². The summed E-state index contributed by atoms with van der Waals surface area (Å²) in [5.74, 6) is 0.281. The third-order valence-corrected chi connectivity index (χ3v) is 3.02. The normalized spacial score (nSPS) is 15.0. The van der Waals surface area contributed by atoms with Crippen LogP contribution in [0.5, 0.6) is 5.75 Å². The first-order valence-electron chi connectivity index (χ1n) is 5.48. The zero-order valence-corrected chi connectivity index (χ0v) is 9.56. The number of nitro benzene ring substituents is 1. The van der Waals surface area contributed by atoms with Crippen LogP contribution < -0.4 is 4.74 Å². The Labute approximate surface area is 98.5 Å². The van der Waals surface area contributed by atoms with Crippen LogP contribution >= 0.6 is 0 Å². The van der Waals surface area contributed by atoms with E-state index in [9.17, 15) is 14.9 Å². The van der Waals surface area contributed by atoms with Crippen molar-refractivity contribution in [2.75, 3.05) is 7.11 Å². The van der Waals surface area contributed by atoms with Gasteiger partial charge in [-0.2, -0.15) is 0 Å². The van der Waals surface area contributed by atoms with Crippen molar-refractivity contribution in [3.05, 3.63) is 33.4 Å². The summed E-state index contributed by atoms with van der Waals surface area (Å²) >= 11 is 0. The van der Waals surface area contributed by atoms with Gasteiger partial charge in [0, 0.05) is 18.4 Å². The van der Waals surface area contributed by atoms with E-state index in [2.05, 4.69) is 0 Å².